The zero-order valence-corrected chi connectivity index (χ0v) is 12.8. The van der Waals surface area contributed by atoms with Gasteiger partial charge in [-0.2, -0.15) is 0 Å². The van der Waals surface area contributed by atoms with E-state index in [0.29, 0.717) is 12.5 Å². The summed E-state index contributed by atoms with van der Waals surface area (Å²) in [5.41, 5.74) is 0. The molecule has 0 saturated carbocycles. The van der Waals surface area contributed by atoms with Crippen molar-refractivity contribution in [3.8, 4) is 0 Å². The summed E-state index contributed by atoms with van der Waals surface area (Å²) in [7, 11) is -3.34. The third-order valence-electron chi connectivity index (χ3n) is 4.05. The van der Waals surface area contributed by atoms with Crippen LogP contribution in [0.15, 0.2) is 0 Å². The summed E-state index contributed by atoms with van der Waals surface area (Å²) >= 11 is 0. The van der Waals surface area contributed by atoms with Crippen LogP contribution < -0.4 is 10.0 Å². The van der Waals surface area contributed by atoms with Crippen molar-refractivity contribution in [2.24, 2.45) is 0 Å². The van der Waals surface area contributed by atoms with Crippen LogP contribution >= 0.6 is 0 Å². The highest BCUT2D eigenvalue weighted by molar-refractivity contribution is 7.89. The van der Waals surface area contributed by atoms with Crippen molar-refractivity contribution in [3.63, 3.8) is 0 Å². The maximum absolute atomic E-state index is 11.9. The molecule has 2 fully saturated rings. The number of rotatable bonds is 6. The highest BCUT2D eigenvalue weighted by Crippen LogP contribution is 2.11. The van der Waals surface area contributed by atoms with Gasteiger partial charge in [-0.15, -0.1) is 0 Å². The summed E-state index contributed by atoms with van der Waals surface area (Å²) < 4.78 is 26.2. The van der Waals surface area contributed by atoms with Crippen molar-refractivity contribution in [1.82, 2.24) is 14.9 Å². The van der Waals surface area contributed by atoms with Crippen LogP contribution in [-0.4, -0.2) is 57.2 Å². The average molecular weight is 303 g/mol. The lowest BCUT2D eigenvalue weighted by Crippen LogP contribution is -2.41. The Morgan fingerprint density at radius 2 is 1.95 bits per heavy atom. The van der Waals surface area contributed by atoms with Gasteiger partial charge in [0.1, 0.15) is 0 Å². The van der Waals surface area contributed by atoms with Crippen LogP contribution in [0, 0.1) is 0 Å². The quantitative estimate of drug-likeness (QED) is 0.727. The molecule has 0 aromatic heterocycles. The summed E-state index contributed by atoms with van der Waals surface area (Å²) in [6.45, 7) is 2.39. The van der Waals surface area contributed by atoms with Crippen molar-refractivity contribution in [2.45, 2.75) is 44.6 Å². The van der Waals surface area contributed by atoms with Crippen LogP contribution in [-0.2, 0) is 14.8 Å². The first-order valence-electron chi connectivity index (χ1n) is 7.55. The van der Waals surface area contributed by atoms with E-state index in [0.717, 1.165) is 38.9 Å². The monoisotopic (exact) mass is 303 g/mol. The topological polar surface area (TPSA) is 78.5 Å². The van der Waals surface area contributed by atoms with E-state index in [1.807, 2.05) is 0 Å². The fourth-order valence-corrected chi connectivity index (χ4v) is 3.87. The summed E-state index contributed by atoms with van der Waals surface area (Å²) in [6, 6.07) is 0.301. The van der Waals surface area contributed by atoms with Crippen LogP contribution in [0.5, 0.6) is 0 Å². The number of hydrogen-bond acceptors (Lipinski definition) is 4. The SMILES string of the molecule is O=C(CNS(=O)(=O)CCC1CCCCN1)N1CCCC1. The van der Waals surface area contributed by atoms with Crippen molar-refractivity contribution >= 4 is 15.9 Å². The zero-order chi connectivity index (χ0) is 14.4. The predicted octanol–water partition coefficient (Wildman–Crippen LogP) is 0.0604. The summed E-state index contributed by atoms with van der Waals surface area (Å²) in [4.78, 5) is 13.5. The second-order valence-corrected chi connectivity index (χ2v) is 7.59. The van der Waals surface area contributed by atoms with E-state index in [9.17, 15) is 13.2 Å². The molecule has 0 bridgehead atoms. The van der Waals surface area contributed by atoms with Crippen molar-refractivity contribution in [1.29, 1.82) is 0 Å². The van der Waals surface area contributed by atoms with Crippen LogP contribution in [0.2, 0.25) is 0 Å². The number of sulfonamides is 1. The molecule has 6 nitrogen and oxygen atoms in total. The Kier molecular flexibility index (Phi) is 5.80. The molecule has 1 amide bonds. The van der Waals surface area contributed by atoms with E-state index in [1.165, 1.54) is 12.8 Å². The molecule has 2 heterocycles. The first-order valence-corrected chi connectivity index (χ1v) is 9.20. The van der Waals surface area contributed by atoms with Crippen LogP contribution in [0.25, 0.3) is 0 Å². The van der Waals surface area contributed by atoms with Gasteiger partial charge in [-0.25, -0.2) is 13.1 Å². The Hall–Kier alpha value is -0.660. The standard InChI is InChI=1S/C13H25N3O3S/c17-13(16-8-3-4-9-16)11-15-20(18,19)10-6-12-5-1-2-7-14-12/h12,14-15H,1-11H2. The fourth-order valence-electron chi connectivity index (χ4n) is 2.79. The molecule has 2 rings (SSSR count). The van der Waals surface area contributed by atoms with E-state index in [4.69, 9.17) is 0 Å². The van der Waals surface area contributed by atoms with Crippen LogP contribution in [0.1, 0.15) is 38.5 Å². The Morgan fingerprint density at radius 1 is 1.20 bits per heavy atom. The first-order chi connectivity index (χ1) is 9.57. The van der Waals surface area contributed by atoms with Gasteiger partial charge < -0.3 is 10.2 Å². The van der Waals surface area contributed by atoms with E-state index in [-0.39, 0.29) is 18.2 Å². The molecule has 1 unspecified atom stereocenters. The van der Waals surface area contributed by atoms with Crippen molar-refractivity contribution < 1.29 is 13.2 Å². The summed E-state index contributed by atoms with van der Waals surface area (Å²) in [6.07, 6.45) is 6.04. The normalized spacial score (nSPS) is 24.0. The molecule has 7 heteroatoms. The number of carbonyl (C=O) groups is 1. The lowest BCUT2D eigenvalue weighted by molar-refractivity contribution is -0.128. The van der Waals surface area contributed by atoms with Crippen LogP contribution in [0.4, 0.5) is 0 Å². The van der Waals surface area contributed by atoms with Gasteiger partial charge >= 0.3 is 0 Å². The molecule has 0 aliphatic carbocycles. The van der Waals surface area contributed by atoms with E-state index >= 15 is 0 Å². The minimum absolute atomic E-state index is 0.0952. The second-order valence-electron chi connectivity index (χ2n) is 5.66. The largest absolute Gasteiger partial charge is 0.342 e. The van der Waals surface area contributed by atoms with E-state index in [2.05, 4.69) is 10.0 Å². The maximum Gasteiger partial charge on any atom is 0.237 e. The number of hydrogen-bond donors (Lipinski definition) is 2. The zero-order valence-electron chi connectivity index (χ0n) is 11.9. The Balaban J connectivity index is 1.68. The smallest absolute Gasteiger partial charge is 0.237 e. The highest BCUT2D eigenvalue weighted by Gasteiger charge is 2.21. The van der Waals surface area contributed by atoms with Gasteiger partial charge in [0.15, 0.2) is 0 Å². The fraction of sp³-hybridized carbons (Fsp3) is 0.923. The Morgan fingerprint density at radius 3 is 2.60 bits per heavy atom. The Labute approximate surface area is 121 Å². The summed E-state index contributed by atoms with van der Waals surface area (Å²) in [5, 5.41) is 3.33. The molecule has 2 aliphatic heterocycles. The molecule has 0 aromatic rings. The van der Waals surface area contributed by atoms with Crippen LogP contribution in [0.3, 0.4) is 0 Å². The molecule has 0 spiro atoms. The van der Waals surface area contributed by atoms with Gasteiger partial charge in [-0.3, -0.25) is 4.79 Å². The van der Waals surface area contributed by atoms with E-state index < -0.39 is 10.0 Å². The highest BCUT2D eigenvalue weighted by atomic mass is 32.2. The lowest BCUT2D eigenvalue weighted by Gasteiger charge is -2.23. The minimum atomic E-state index is -3.34. The number of carbonyl (C=O) groups excluding carboxylic acids is 1. The molecular weight excluding hydrogens is 278 g/mol. The van der Waals surface area contributed by atoms with Gasteiger partial charge in [0, 0.05) is 19.1 Å². The van der Waals surface area contributed by atoms with E-state index in [1.54, 1.807) is 4.90 Å². The number of likely N-dealkylation sites (tertiary alicyclic amines) is 1. The first kappa shape index (κ1) is 15.7. The molecule has 116 valence electrons. The van der Waals surface area contributed by atoms with Gasteiger partial charge in [-0.1, -0.05) is 6.42 Å². The molecule has 2 saturated heterocycles. The summed E-state index contributed by atoms with van der Waals surface area (Å²) in [5.74, 6) is -0.0142. The van der Waals surface area contributed by atoms with Gasteiger partial charge in [0.2, 0.25) is 15.9 Å². The number of amides is 1. The number of nitrogens with one attached hydrogen (secondary N) is 2. The van der Waals surface area contributed by atoms with Crippen molar-refractivity contribution in [2.75, 3.05) is 31.9 Å². The molecule has 2 aliphatic rings. The molecule has 2 N–H and O–H groups in total. The second kappa shape index (κ2) is 7.38. The minimum Gasteiger partial charge on any atom is -0.342 e. The number of piperidine rings is 1. The van der Waals surface area contributed by atoms with Gasteiger partial charge in [0.25, 0.3) is 0 Å². The maximum atomic E-state index is 11.9. The van der Waals surface area contributed by atoms with Crippen molar-refractivity contribution in [3.05, 3.63) is 0 Å². The Bertz CT molecular complexity index is 413. The lowest BCUT2D eigenvalue weighted by atomic mass is 10.0. The molecule has 1 atom stereocenters. The predicted molar refractivity (Wildman–Crippen MR) is 77.9 cm³/mol. The number of nitrogens with zero attached hydrogens (tertiary/aromatic N) is 1. The molecule has 0 radical (unpaired) electrons. The molecule has 0 aromatic carbocycles. The molecule has 20 heavy (non-hydrogen) atoms. The third-order valence-corrected chi connectivity index (χ3v) is 5.41. The third kappa shape index (κ3) is 5.03. The average Bonchev–Trinajstić information content (AvgIpc) is 2.98. The molecular formula is C13H25N3O3S. The van der Waals surface area contributed by atoms with Gasteiger partial charge in [-0.05, 0) is 38.6 Å². The van der Waals surface area contributed by atoms with Gasteiger partial charge in [0.05, 0.1) is 12.3 Å².